The summed E-state index contributed by atoms with van der Waals surface area (Å²) < 4.78 is 13.1. The van der Waals surface area contributed by atoms with E-state index in [1.54, 1.807) is 6.92 Å². The van der Waals surface area contributed by atoms with Gasteiger partial charge in [-0.25, -0.2) is 9.82 Å². The first-order valence-corrected chi connectivity index (χ1v) is 8.01. The van der Waals surface area contributed by atoms with Crippen molar-refractivity contribution < 1.29 is 14.0 Å². The number of halogens is 1. The number of hydrazone groups is 1. The van der Waals surface area contributed by atoms with Crippen molar-refractivity contribution in [3.63, 3.8) is 0 Å². The zero-order valence-corrected chi connectivity index (χ0v) is 14.9. The second kappa shape index (κ2) is 8.75. The molecule has 0 heterocycles. The smallest absolute Gasteiger partial charge is 0.259 e. The van der Waals surface area contributed by atoms with Crippen LogP contribution in [0.3, 0.4) is 0 Å². The van der Waals surface area contributed by atoms with Gasteiger partial charge in [0.1, 0.15) is 5.82 Å². The lowest BCUT2D eigenvalue weighted by molar-refractivity contribution is -0.120. The quantitative estimate of drug-likeness (QED) is 0.615. The highest BCUT2D eigenvalue weighted by molar-refractivity contribution is 6.00. The molecule has 0 unspecified atom stereocenters. The van der Waals surface area contributed by atoms with E-state index in [4.69, 9.17) is 0 Å². The molecule has 0 saturated carbocycles. The highest BCUT2D eigenvalue weighted by Gasteiger charge is 2.08. The first-order valence-electron chi connectivity index (χ1n) is 8.01. The Kier molecular flexibility index (Phi) is 6.43. The fourth-order valence-electron chi connectivity index (χ4n) is 2.14. The Morgan fingerprint density at radius 1 is 1.08 bits per heavy atom. The number of anilines is 1. The fourth-order valence-corrected chi connectivity index (χ4v) is 2.14. The standard InChI is InChI=1S/C19H21FN4O2/c1-13(14-7-9-17(10-8-14)24(2)3)22-23-18(25)12-21-19(26)15-5-4-6-16(20)11-15/h4-11H,12H2,1-3H3,(H,21,26)(H,23,25)/b22-13+. The van der Waals surface area contributed by atoms with E-state index >= 15 is 0 Å². The van der Waals surface area contributed by atoms with E-state index in [0.29, 0.717) is 5.71 Å². The molecule has 0 aromatic heterocycles. The minimum absolute atomic E-state index is 0.151. The molecule has 2 amide bonds. The third-order valence-corrected chi connectivity index (χ3v) is 3.65. The Morgan fingerprint density at radius 3 is 2.38 bits per heavy atom. The molecular formula is C19H21FN4O2. The Labute approximate surface area is 151 Å². The highest BCUT2D eigenvalue weighted by atomic mass is 19.1. The van der Waals surface area contributed by atoms with Crippen LogP contribution in [0.1, 0.15) is 22.8 Å². The van der Waals surface area contributed by atoms with Crippen LogP contribution in [0.5, 0.6) is 0 Å². The molecule has 0 radical (unpaired) electrons. The number of nitrogens with zero attached hydrogens (tertiary/aromatic N) is 2. The average molecular weight is 356 g/mol. The van der Waals surface area contributed by atoms with E-state index in [9.17, 15) is 14.0 Å². The number of carbonyl (C=O) groups excluding carboxylic acids is 2. The largest absolute Gasteiger partial charge is 0.378 e. The van der Waals surface area contributed by atoms with Crippen LogP contribution in [0.15, 0.2) is 53.6 Å². The predicted molar refractivity (Wildman–Crippen MR) is 99.9 cm³/mol. The molecule has 0 saturated heterocycles. The van der Waals surface area contributed by atoms with Crippen molar-refractivity contribution in [2.24, 2.45) is 5.10 Å². The molecule has 2 aromatic carbocycles. The van der Waals surface area contributed by atoms with Crippen molar-refractivity contribution in [3.8, 4) is 0 Å². The van der Waals surface area contributed by atoms with Gasteiger partial charge in [-0.2, -0.15) is 5.10 Å². The van der Waals surface area contributed by atoms with Crippen molar-refractivity contribution in [1.29, 1.82) is 0 Å². The lowest BCUT2D eigenvalue weighted by Gasteiger charge is -2.12. The molecule has 0 aliphatic heterocycles. The lowest BCUT2D eigenvalue weighted by atomic mass is 10.1. The molecule has 0 spiro atoms. The van der Waals surface area contributed by atoms with Crippen LogP contribution in [0, 0.1) is 5.82 Å². The number of carbonyl (C=O) groups is 2. The van der Waals surface area contributed by atoms with E-state index < -0.39 is 17.6 Å². The molecule has 0 aliphatic rings. The zero-order valence-electron chi connectivity index (χ0n) is 14.9. The SMILES string of the molecule is C/C(=N\NC(=O)CNC(=O)c1cccc(F)c1)c1ccc(N(C)C)cc1. The monoisotopic (exact) mass is 356 g/mol. The molecule has 0 atom stereocenters. The molecule has 6 nitrogen and oxygen atoms in total. The summed E-state index contributed by atoms with van der Waals surface area (Å²) >= 11 is 0. The molecule has 7 heteroatoms. The van der Waals surface area contributed by atoms with Crippen molar-refractivity contribution in [2.45, 2.75) is 6.92 Å². The van der Waals surface area contributed by atoms with Gasteiger partial charge in [0.05, 0.1) is 12.3 Å². The van der Waals surface area contributed by atoms with Crippen LogP contribution in [0.2, 0.25) is 0 Å². The Balaban J connectivity index is 1.87. The van der Waals surface area contributed by atoms with Gasteiger partial charge in [0, 0.05) is 25.3 Å². The van der Waals surface area contributed by atoms with E-state index in [-0.39, 0.29) is 12.1 Å². The number of hydrogen-bond acceptors (Lipinski definition) is 4. The number of nitrogens with one attached hydrogen (secondary N) is 2. The van der Waals surface area contributed by atoms with Crippen molar-refractivity contribution in [1.82, 2.24) is 10.7 Å². The summed E-state index contributed by atoms with van der Waals surface area (Å²) in [4.78, 5) is 25.6. The molecule has 0 aliphatic carbocycles. The van der Waals surface area contributed by atoms with Gasteiger partial charge >= 0.3 is 0 Å². The Morgan fingerprint density at radius 2 is 1.77 bits per heavy atom. The second-order valence-electron chi connectivity index (χ2n) is 5.87. The summed E-state index contributed by atoms with van der Waals surface area (Å²) in [5, 5.41) is 6.44. The molecule has 0 bridgehead atoms. The summed E-state index contributed by atoms with van der Waals surface area (Å²) in [6, 6.07) is 13.0. The number of amides is 2. The molecule has 2 rings (SSSR count). The van der Waals surface area contributed by atoms with Crippen LogP contribution < -0.4 is 15.6 Å². The van der Waals surface area contributed by atoms with Crippen LogP contribution in [0.4, 0.5) is 10.1 Å². The van der Waals surface area contributed by atoms with Crippen LogP contribution in [0.25, 0.3) is 0 Å². The highest BCUT2D eigenvalue weighted by Crippen LogP contribution is 2.12. The molecule has 2 aromatic rings. The normalized spacial score (nSPS) is 11.0. The first-order chi connectivity index (χ1) is 12.4. The van der Waals surface area contributed by atoms with Gasteiger partial charge in [0.2, 0.25) is 0 Å². The fraction of sp³-hybridized carbons (Fsp3) is 0.211. The molecular weight excluding hydrogens is 335 g/mol. The molecule has 2 N–H and O–H groups in total. The van der Waals surface area contributed by atoms with Gasteiger partial charge in [-0.05, 0) is 42.8 Å². The summed E-state index contributed by atoms with van der Waals surface area (Å²) in [6.07, 6.45) is 0. The van der Waals surface area contributed by atoms with Crippen LogP contribution in [-0.4, -0.2) is 38.2 Å². The zero-order chi connectivity index (χ0) is 19.1. The van der Waals surface area contributed by atoms with E-state index in [0.717, 1.165) is 17.3 Å². The van der Waals surface area contributed by atoms with E-state index in [1.807, 2.05) is 43.3 Å². The van der Waals surface area contributed by atoms with Gasteiger partial charge < -0.3 is 10.2 Å². The Bertz CT molecular complexity index is 817. The molecule has 136 valence electrons. The van der Waals surface area contributed by atoms with Crippen LogP contribution >= 0.6 is 0 Å². The van der Waals surface area contributed by atoms with E-state index in [2.05, 4.69) is 15.8 Å². The van der Waals surface area contributed by atoms with Crippen LogP contribution in [-0.2, 0) is 4.79 Å². The summed E-state index contributed by atoms with van der Waals surface area (Å²) in [5.74, 6) is -1.51. The van der Waals surface area contributed by atoms with Gasteiger partial charge in [-0.15, -0.1) is 0 Å². The third kappa shape index (κ3) is 5.41. The van der Waals surface area contributed by atoms with Gasteiger partial charge in [-0.3, -0.25) is 9.59 Å². The van der Waals surface area contributed by atoms with Crippen molar-refractivity contribution in [3.05, 3.63) is 65.5 Å². The minimum Gasteiger partial charge on any atom is -0.378 e. The maximum Gasteiger partial charge on any atom is 0.259 e. The number of benzene rings is 2. The Hall–Kier alpha value is -3.22. The minimum atomic E-state index is -0.528. The second-order valence-corrected chi connectivity index (χ2v) is 5.87. The summed E-state index contributed by atoms with van der Waals surface area (Å²) in [5.41, 5.74) is 5.11. The molecule has 26 heavy (non-hydrogen) atoms. The van der Waals surface area contributed by atoms with Crippen molar-refractivity contribution in [2.75, 3.05) is 25.5 Å². The molecule has 0 fully saturated rings. The average Bonchev–Trinajstić information content (AvgIpc) is 2.64. The van der Waals surface area contributed by atoms with E-state index in [1.165, 1.54) is 18.2 Å². The van der Waals surface area contributed by atoms with Gasteiger partial charge in [0.25, 0.3) is 11.8 Å². The van der Waals surface area contributed by atoms with Gasteiger partial charge in [-0.1, -0.05) is 18.2 Å². The first kappa shape index (κ1) is 19.1. The third-order valence-electron chi connectivity index (χ3n) is 3.65. The van der Waals surface area contributed by atoms with Crippen molar-refractivity contribution >= 4 is 23.2 Å². The van der Waals surface area contributed by atoms with Gasteiger partial charge in [0.15, 0.2) is 0 Å². The topological polar surface area (TPSA) is 73.8 Å². The summed E-state index contributed by atoms with van der Waals surface area (Å²) in [7, 11) is 3.91. The lowest BCUT2D eigenvalue weighted by Crippen LogP contribution is -2.35. The number of hydrogen-bond donors (Lipinski definition) is 2. The predicted octanol–water partition coefficient (Wildman–Crippen LogP) is 2.16. The maximum absolute atomic E-state index is 13.1. The number of rotatable bonds is 6. The summed E-state index contributed by atoms with van der Waals surface area (Å²) in [6.45, 7) is 1.52. The maximum atomic E-state index is 13.1.